The number of nitrogens with zero attached hydrogens (tertiary/aromatic N) is 3. The number of benzene rings is 1. The molecule has 1 aliphatic rings. The molecule has 1 saturated heterocycles. The van der Waals surface area contributed by atoms with E-state index in [0.717, 1.165) is 18.7 Å². The molecule has 0 aliphatic carbocycles. The van der Waals surface area contributed by atoms with E-state index in [1.165, 1.54) is 24.8 Å². The number of rotatable bonds is 3. The molecule has 94 valence electrons. The van der Waals surface area contributed by atoms with Crippen molar-refractivity contribution in [3.05, 3.63) is 42.2 Å². The number of hydrogen-bond donors (Lipinski definition) is 1. The lowest BCUT2D eigenvalue weighted by molar-refractivity contribution is 0.399. The topological polar surface area (TPSA) is 42.7 Å². The largest absolute Gasteiger partial charge is 0.314 e. The monoisotopic (exact) mass is 242 g/mol. The zero-order valence-electron chi connectivity index (χ0n) is 10.4. The third-order valence-electron chi connectivity index (χ3n) is 3.45. The number of aromatic nitrogens is 3. The molecular formula is C14H18N4. The third kappa shape index (κ3) is 2.59. The Kier molecular flexibility index (Phi) is 3.37. The van der Waals surface area contributed by atoms with Crippen molar-refractivity contribution in [3.63, 3.8) is 0 Å². The van der Waals surface area contributed by atoms with Gasteiger partial charge in [0.2, 0.25) is 0 Å². The summed E-state index contributed by atoms with van der Waals surface area (Å²) in [6.45, 7) is 1.16. The molecule has 1 aromatic carbocycles. The average molecular weight is 242 g/mol. The molecular weight excluding hydrogens is 224 g/mol. The van der Waals surface area contributed by atoms with Crippen molar-refractivity contribution in [1.29, 1.82) is 0 Å². The normalized spacial score (nSPS) is 19.9. The first-order valence-corrected chi connectivity index (χ1v) is 6.61. The minimum atomic E-state index is 0.625. The summed E-state index contributed by atoms with van der Waals surface area (Å²) < 4.78 is 0. The van der Waals surface area contributed by atoms with Crippen molar-refractivity contribution < 1.29 is 0 Å². The Hall–Kier alpha value is -1.68. The Morgan fingerprint density at radius 3 is 2.89 bits per heavy atom. The summed E-state index contributed by atoms with van der Waals surface area (Å²) in [6, 6.07) is 9.10. The van der Waals surface area contributed by atoms with Crippen LogP contribution >= 0.6 is 0 Å². The second kappa shape index (κ2) is 5.31. The van der Waals surface area contributed by atoms with Crippen LogP contribution < -0.4 is 5.32 Å². The zero-order valence-corrected chi connectivity index (χ0v) is 10.4. The number of piperidine rings is 1. The van der Waals surface area contributed by atoms with Gasteiger partial charge < -0.3 is 5.32 Å². The van der Waals surface area contributed by atoms with Gasteiger partial charge in [0.05, 0.1) is 18.1 Å². The van der Waals surface area contributed by atoms with Gasteiger partial charge in [0, 0.05) is 6.04 Å². The van der Waals surface area contributed by atoms with Gasteiger partial charge in [-0.1, -0.05) is 18.6 Å². The molecule has 18 heavy (non-hydrogen) atoms. The maximum Gasteiger partial charge on any atom is 0.0859 e. The summed E-state index contributed by atoms with van der Waals surface area (Å²) >= 11 is 0. The molecule has 0 spiro atoms. The molecule has 1 aromatic heterocycles. The summed E-state index contributed by atoms with van der Waals surface area (Å²) in [7, 11) is 0. The Balaban J connectivity index is 1.74. The highest BCUT2D eigenvalue weighted by Gasteiger charge is 2.13. The van der Waals surface area contributed by atoms with Crippen LogP contribution in [0.4, 0.5) is 0 Å². The Morgan fingerprint density at radius 2 is 2.11 bits per heavy atom. The standard InChI is InChI=1S/C14H18N4/c1-2-7-15-13(5-1)10-12-4-3-6-14(11-12)18-16-8-9-17-18/h3-4,6,8-9,11,13,15H,1-2,5,7,10H2. The van der Waals surface area contributed by atoms with E-state index in [4.69, 9.17) is 0 Å². The molecule has 0 bridgehead atoms. The van der Waals surface area contributed by atoms with E-state index in [0.29, 0.717) is 6.04 Å². The zero-order chi connectivity index (χ0) is 12.2. The van der Waals surface area contributed by atoms with Gasteiger partial charge in [-0.05, 0) is 43.5 Å². The van der Waals surface area contributed by atoms with Gasteiger partial charge in [0.15, 0.2) is 0 Å². The molecule has 0 radical (unpaired) electrons. The van der Waals surface area contributed by atoms with Gasteiger partial charge in [0.25, 0.3) is 0 Å². The van der Waals surface area contributed by atoms with Crippen LogP contribution in [0.15, 0.2) is 36.7 Å². The van der Waals surface area contributed by atoms with Crippen molar-refractivity contribution in [2.24, 2.45) is 0 Å². The summed E-state index contributed by atoms with van der Waals surface area (Å²) in [6.07, 6.45) is 8.44. The van der Waals surface area contributed by atoms with Crippen molar-refractivity contribution in [3.8, 4) is 5.69 Å². The highest BCUT2D eigenvalue weighted by Crippen LogP contribution is 2.15. The molecule has 0 saturated carbocycles. The van der Waals surface area contributed by atoms with Gasteiger partial charge in [-0.25, -0.2) is 0 Å². The fraction of sp³-hybridized carbons (Fsp3) is 0.429. The summed E-state index contributed by atoms with van der Waals surface area (Å²) in [5, 5.41) is 11.9. The second-order valence-electron chi connectivity index (χ2n) is 4.84. The van der Waals surface area contributed by atoms with Crippen LogP contribution in [0.1, 0.15) is 24.8 Å². The van der Waals surface area contributed by atoms with E-state index in [1.807, 2.05) is 6.07 Å². The predicted octanol–water partition coefficient (Wildman–Crippen LogP) is 1.95. The second-order valence-corrected chi connectivity index (χ2v) is 4.84. The summed E-state index contributed by atoms with van der Waals surface area (Å²) in [4.78, 5) is 1.66. The molecule has 2 heterocycles. The Labute approximate surface area is 107 Å². The highest BCUT2D eigenvalue weighted by molar-refractivity contribution is 5.34. The molecule has 4 nitrogen and oxygen atoms in total. The van der Waals surface area contributed by atoms with Gasteiger partial charge in [-0.3, -0.25) is 0 Å². The Morgan fingerprint density at radius 1 is 1.22 bits per heavy atom. The van der Waals surface area contributed by atoms with Crippen LogP contribution in [0.5, 0.6) is 0 Å². The Bertz CT molecular complexity index is 486. The first-order valence-electron chi connectivity index (χ1n) is 6.61. The van der Waals surface area contributed by atoms with Crippen LogP contribution in [-0.2, 0) is 6.42 Å². The van der Waals surface area contributed by atoms with E-state index in [2.05, 4.69) is 33.7 Å². The first-order chi connectivity index (χ1) is 8.92. The minimum absolute atomic E-state index is 0.625. The van der Waals surface area contributed by atoms with Gasteiger partial charge in [-0.15, -0.1) is 0 Å². The minimum Gasteiger partial charge on any atom is -0.314 e. The maximum atomic E-state index is 4.16. The summed E-state index contributed by atoms with van der Waals surface area (Å²) in [5.74, 6) is 0. The molecule has 1 aliphatic heterocycles. The van der Waals surface area contributed by atoms with Crippen molar-refractivity contribution >= 4 is 0 Å². The first kappa shape index (κ1) is 11.4. The lowest BCUT2D eigenvalue weighted by Gasteiger charge is -2.23. The van der Waals surface area contributed by atoms with Gasteiger partial charge >= 0.3 is 0 Å². The number of nitrogens with one attached hydrogen (secondary N) is 1. The van der Waals surface area contributed by atoms with Crippen LogP contribution in [0.25, 0.3) is 5.69 Å². The fourth-order valence-electron chi connectivity index (χ4n) is 2.54. The fourth-order valence-corrected chi connectivity index (χ4v) is 2.54. The van der Waals surface area contributed by atoms with E-state index in [9.17, 15) is 0 Å². The molecule has 2 aromatic rings. The van der Waals surface area contributed by atoms with E-state index < -0.39 is 0 Å². The van der Waals surface area contributed by atoms with E-state index >= 15 is 0 Å². The lowest BCUT2D eigenvalue weighted by atomic mass is 9.97. The van der Waals surface area contributed by atoms with Crippen LogP contribution in [0, 0.1) is 0 Å². The number of hydrogen-bond acceptors (Lipinski definition) is 3. The van der Waals surface area contributed by atoms with Gasteiger partial charge in [0.1, 0.15) is 0 Å². The average Bonchev–Trinajstić information content (AvgIpc) is 2.94. The van der Waals surface area contributed by atoms with Crippen LogP contribution in [0.2, 0.25) is 0 Å². The smallest absolute Gasteiger partial charge is 0.0859 e. The molecule has 3 rings (SSSR count). The molecule has 4 heteroatoms. The lowest BCUT2D eigenvalue weighted by Crippen LogP contribution is -2.35. The molecule has 1 N–H and O–H groups in total. The van der Waals surface area contributed by atoms with E-state index in [1.54, 1.807) is 17.2 Å². The van der Waals surface area contributed by atoms with Gasteiger partial charge in [-0.2, -0.15) is 15.0 Å². The molecule has 1 atom stereocenters. The third-order valence-corrected chi connectivity index (χ3v) is 3.45. The summed E-state index contributed by atoms with van der Waals surface area (Å²) in [5.41, 5.74) is 2.39. The molecule has 1 unspecified atom stereocenters. The van der Waals surface area contributed by atoms with E-state index in [-0.39, 0.29) is 0 Å². The quantitative estimate of drug-likeness (QED) is 0.894. The molecule has 0 amide bonds. The van der Waals surface area contributed by atoms with Crippen molar-refractivity contribution in [2.45, 2.75) is 31.7 Å². The molecule has 1 fully saturated rings. The van der Waals surface area contributed by atoms with Crippen molar-refractivity contribution in [2.75, 3.05) is 6.54 Å². The highest BCUT2D eigenvalue weighted by atomic mass is 15.5. The van der Waals surface area contributed by atoms with Crippen molar-refractivity contribution in [1.82, 2.24) is 20.3 Å². The van der Waals surface area contributed by atoms with Crippen LogP contribution in [-0.4, -0.2) is 27.6 Å². The SMILES string of the molecule is c1cc(CC2CCCCN2)cc(-n2nccn2)c1. The maximum absolute atomic E-state index is 4.16. The predicted molar refractivity (Wildman–Crippen MR) is 70.7 cm³/mol. The van der Waals surface area contributed by atoms with Crippen LogP contribution in [0.3, 0.4) is 0 Å².